The molecule has 0 bridgehead atoms. The van der Waals surface area contributed by atoms with Crippen LogP contribution in [-0.2, 0) is 10.1 Å². The maximum atomic E-state index is 10.0. The number of hydrogen-bond donors (Lipinski definition) is 0. The molecule has 1 rings (SSSR count). The molecule has 0 aromatic heterocycles. The summed E-state index contributed by atoms with van der Waals surface area (Å²) in [6.07, 6.45) is 0.604. The fourth-order valence-electron chi connectivity index (χ4n) is 0.550. The second kappa shape index (κ2) is 7.77. The predicted octanol–water partition coefficient (Wildman–Crippen LogP) is -2.24. The van der Waals surface area contributed by atoms with Crippen LogP contribution in [0.15, 0.2) is 30.3 Å². The molecule has 0 N–H and O–H groups in total. The Kier molecular flexibility index (Phi) is 8.78. The van der Waals surface area contributed by atoms with Crippen LogP contribution in [0.2, 0.25) is 0 Å². The van der Waals surface area contributed by atoms with E-state index >= 15 is 0 Å². The van der Waals surface area contributed by atoms with Gasteiger partial charge in [0.15, 0.2) is 0 Å². The Morgan fingerprint density at radius 2 is 1.53 bits per heavy atom. The van der Waals surface area contributed by atoms with Gasteiger partial charge in [0.2, 0.25) is 0 Å². The third kappa shape index (κ3) is 13.5. The summed E-state index contributed by atoms with van der Waals surface area (Å²) in [5.41, 5.74) is 0.137. The minimum absolute atomic E-state index is 0. The van der Waals surface area contributed by atoms with Crippen molar-refractivity contribution in [3.8, 4) is 0 Å². The summed E-state index contributed by atoms with van der Waals surface area (Å²) in [6.45, 7) is 0. The fraction of sp³-hybridized carbons (Fsp3) is 0.143. The maximum Gasteiger partial charge on any atom is 1.00 e. The van der Waals surface area contributed by atoms with E-state index in [9.17, 15) is 10.1 Å². The Morgan fingerprint density at radius 1 is 1.20 bits per heavy atom. The van der Waals surface area contributed by atoms with Gasteiger partial charge in [0.05, 0.1) is 15.0 Å². The molecule has 0 amide bonds. The normalized spacial score (nSPS) is 9.20. The number of nitrogens with zero attached hydrogens (tertiary/aromatic N) is 1. The molecule has 0 unspecified atom stereocenters. The van der Waals surface area contributed by atoms with Crippen molar-refractivity contribution in [3.05, 3.63) is 40.4 Å². The number of nitro benzene ring substituents is 1. The van der Waals surface area contributed by atoms with E-state index in [0.29, 0.717) is 6.26 Å². The van der Waals surface area contributed by atoms with E-state index in [1.807, 2.05) is 0 Å². The van der Waals surface area contributed by atoms with E-state index in [-0.39, 0.29) is 35.2 Å². The summed E-state index contributed by atoms with van der Waals surface area (Å²) in [5, 5.41) is 10.0. The molecule has 0 radical (unpaired) electrons. The minimum atomic E-state index is -3.92. The third-order valence-electron chi connectivity index (χ3n) is 0.967. The van der Waals surface area contributed by atoms with Crippen molar-refractivity contribution < 1.29 is 47.5 Å². The van der Waals surface area contributed by atoms with Crippen LogP contribution in [0.4, 0.5) is 5.69 Å². The first-order valence-electron chi connectivity index (χ1n) is 3.41. The number of rotatable bonds is 1. The van der Waals surface area contributed by atoms with Crippen molar-refractivity contribution in [2.75, 3.05) is 6.26 Å². The first-order valence-corrected chi connectivity index (χ1v) is 5.22. The molecule has 0 heterocycles. The minimum Gasteiger partial charge on any atom is -0.748 e. The average Bonchev–Trinajstić information content (AvgIpc) is 2.03. The van der Waals surface area contributed by atoms with E-state index in [4.69, 9.17) is 13.0 Å². The van der Waals surface area contributed by atoms with Crippen LogP contribution < -0.4 is 29.6 Å². The van der Waals surface area contributed by atoms with Crippen molar-refractivity contribution in [1.29, 1.82) is 0 Å². The number of hydrogen-bond acceptors (Lipinski definition) is 5. The largest absolute Gasteiger partial charge is 1.00 e. The molecular weight excluding hydrogens is 233 g/mol. The third-order valence-corrected chi connectivity index (χ3v) is 0.967. The second-order valence-corrected chi connectivity index (χ2v) is 3.71. The Labute approximate surface area is 109 Å². The van der Waals surface area contributed by atoms with Gasteiger partial charge in [-0.25, -0.2) is 8.42 Å². The molecule has 0 fully saturated rings. The smallest absolute Gasteiger partial charge is 0.748 e. The van der Waals surface area contributed by atoms with Crippen molar-refractivity contribution >= 4 is 15.8 Å². The number of non-ortho nitro benzene ring substituents is 1. The van der Waals surface area contributed by atoms with Gasteiger partial charge in [0.25, 0.3) is 5.69 Å². The Bertz CT molecular complexity index is 383. The zero-order valence-electron chi connectivity index (χ0n) is 8.28. The van der Waals surface area contributed by atoms with Gasteiger partial charge in [0, 0.05) is 18.4 Å². The predicted molar refractivity (Wildman–Crippen MR) is 48.7 cm³/mol. The molecule has 0 spiro atoms. The zero-order valence-corrected chi connectivity index (χ0v) is 11.1. The summed E-state index contributed by atoms with van der Waals surface area (Å²) in [7, 11) is -3.92. The molecule has 8 heteroatoms. The standard InChI is InChI=1S/C6H5NO2.CH4O3S.Na/c8-7(9)6-4-2-1-3-5-6;1-5(2,3)4;/h1-5H;1H3,(H,2,3,4);/q;;+1/p-1. The van der Waals surface area contributed by atoms with Gasteiger partial charge in [-0.05, 0) is 0 Å². The number of benzene rings is 1. The Morgan fingerprint density at radius 3 is 1.73 bits per heavy atom. The summed E-state index contributed by atoms with van der Waals surface area (Å²) in [4.78, 5) is 9.59. The molecule has 1 aromatic rings. The number of para-hydroxylation sites is 1. The van der Waals surface area contributed by atoms with Crippen LogP contribution in [0.5, 0.6) is 0 Å². The van der Waals surface area contributed by atoms with Crippen LogP contribution in [0.3, 0.4) is 0 Å². The van der Waals surface area contributed by atoms with E-state index in [1.165, 1.54) is 12.1 Å². The van der Waals surface area contributed by atoms with E-state index in [1.54, 1.807) is 18.2 Å². The molecular formula is C7H8NNaO5S. The molecule has 78 valence electrons. The molecule has 0 saturated carbocycles. The van der Waals surface area contributed by atoms with Gasteiger partial charge in [-0.1, -0.05) is 18.2 Å². The van der Waals surface area contributed by atoms with Crippen LogP contribution in [0.25, 0.3) is 0 Å². The summed E-state index contributed by atoms with van der Waals surface area (Å²) in [6, 6.07) is 7.93. The fourth-order valence-corrected chi connectivity index (χ4v) is 0.550. The number of nitro groups is 1. The van der Waals surface area contributed by atoms with Crippen LogP contribution in [0.1, 0.15) is 0 Å². The summed E-state index contributed by atoms with van der Waals surface area (Å²) in [5.74, 6) is 0. The van der Waals surface area contributed by atoms with Gasteiger partial charge in [-0.15, -0.1) is 0 Å². The van der Waals surface area contributed by atoms with Gasteiger partial charge in [-0.3, -0.25) is 10.1 Å². The summed E-state index contributed by atoms with van der Waals surface area (Å²) >= 11 is 0. The molecule has 0 atom stereocenters. The molecule has 6 nitrogen and oxygen atoms in total. The van der Waals surface area contributed by atoms with E-state index in [0.717, 1.165) is 0 Å². The monoisotopic (exact) mass is 241 g/mol. The van der Waals surface area contributed by atoms with Crippen LogP contribution in [0, 0.1) is 10.1 Å². The molecule has 15 heavy (non-hydrogen) atoms. The topological polar surface area (TPSA) is 100 Å². The van der Waals surface area contributed by atoms with Gasteiger partial charge in [-0.2, -0.15) is 0 Å². The van der Waals surface area contributed by atoms with Crippen molar-refractivity contribution in [2.45, 2.75) is 0 Å². The van der Waals surface area contributed by atoms with Crippen molar-refractivity contribution in [1.82, 2.24) is 0 Å². The van der Waals surface area contributed by atoms with Gasteiger partial charge >= 0.3 is 29.6 Å². The average molecular weight is 241 g/mol. The van der Waals surface area contributed by atoms with Gasteiger partial charge in [0.1, 0.15) is 0 Å². The molecule has 0 aliphatic heterocycles. The van der Waals surface area contributed by atoms with Crippen molar-refractivity contribution in [3.63, 3.8) is 0 Å². The molecule has 0 aliphatic rings. The molecule has 0 aliphatic carbocycles. The van der Waals surface area contributed by atoms with E-state index < -0.39 is 15.0 Å². The SMILES string of the molecule is CS(=O)(=O)[O-].O=[N+]([O-])c1ccccc1.[Na+]. The Balaban J connectivity index is 0. The zero-order chi connectivity index (χ0) is 11.2. The summed E-state index contributed by atoms with van der Waals surface area (Å²) < 4.78 is 27.2. The first-order chi connectivity index (χ1) is 6.30. The second-order valence-electron chi connectivity index (χ2n) is 2.30. The molecule has 0 saturated heterocycles. The van der Waals surface area contributed by atoms with Crippen LogP contribution in [-0.4, -0.2) is 24.1 Å². The Hall–Kier alpha value is -0.470. The first kappa shape index (κ1) is 16.9. The maximum absolute atomic E-state index is 10.0. The van der Waals surface area contributed by atoms with Gasteiger partial charge < -0.3 is 4.55 Å². The quantitative estimate of drug-likeness (QED) is 0.239. The molecule has 1 aromatic carbocycles. The van der Waals surface area contributed by atoms with Crippen molar-refractivity contribution in [2.24, 2.45) is 0 Å². The van der Waals surface area contributed by atoms with Crippen LogP contribution >= 0.6 is 0 Å². The van der Waals surface area contributed by atoms with E-state index in [2.05, 4.69) is 0 Å².